The standard InChI is InChI=1S/C11H11ClO2S/c12-9-3-1-2-8(6-9)11(10(13)14)4-5-15-7-11/h1-3,6H,4-5,7H2,(H,13,14). The number of aliphatic carboxylic acids is 1. The van der Waals surface area contributed by atoms with Gasteiger partial charge < -0.3 is 5.11 Å². The molecule has 0 aromatic heterocycles. The van der Waals surface area contributed by atoms with Crippen LogP contribution >= 0.6 is 23.4 Å². The van der Waals surface area contributed by atoms with Crippen LogP contribution in [0.3, 0.4) is 0 Å². The van der Waals surface area contributed by atoms with Gasteiger partial charge in [-0.05, 0) is 29.9 Å². The Kier molecular flexibility index (Phi) is 2.94. The summed E-state index contributed by atoms with van der Waals surface area (Å²) in [7, 11) is 0. The van der Waals surface area contributed by atoms with E-state index < -0.39 is 11.4 Å². The van der Waals surface area contributed by atoms with Crippen LogP contribution < -0.4 is 0 Å². The lowest BCUT2D eigenvalue weighted by Crippen LogP contribution is -2.35. The second-order valence-corrected chi connectivity index (χ2v) is 5.24. The number of halogens is 1. The van der Waals surface area contributed by atoms with Crippen LogP contribution in [0.1, 0.15) is 12.0 Å². The highest BCUT2D eigenvalue weighted by molar-refractivity contribution is 7.99. The summed E-state index contributed by atoms with van der Waals surface area (Å²) in [5, 5.41) is 9.95. The number of rotatable bonds is 2. The SMILES string of the molecule is O=C(O)C1(c2cccc(Cl)c2)CCSC1. The van der Waals surface area contributed by atoms with Crippen molar-refractivity contribution in [1.29, 1.82) is 0 Å². The Morgan fingerprint density at radius 2 is 2.33 bits per heavy atom. The molecule has 2 rings (SSSR count). The maximum atomic E-state index is 11.4. The summed E-state index contributed by atoms with van der Waals surface area (Å²) < 4.78 is 0. The normalized spacial score (nSPS) is 25.4. The molecule has 0 radical (unpaired) electrons. The molecule has 1 aromatic rings. The van der Waals surface area contributed by atoms with Gasteiger partial charge in [0.1, 0.15) is 5.41 Å². The van der Waals surface area contributed by atoms with Gasteiger partial charge in [0.05, 0.1) is 0 Å². The first-order valence-corrected chi connectivity index (χ1v) is 6.26. The van der Waals surface area contributed by atoms with E-state index in [0.29, 0.717) is 17.2 Å². The van der Waals surface area contributed by atoms with Crippen molar-refractivity contribution in [3.63, 3.8) is 0 Å². The third kappa shape index (κ3) is 1.86. The first-order chi connectivity index (χ1) is 7.15. The van der Waals surface area contributed by atoms with E-state index in [1.54, 1.807) is 23.9 Å². The van der Waals surface area contributed by atoms with Crippen LogP contribution in [-0.4, -0.2) is 22.6 Å². The first kappa shape index (κ1) is 10.8. The maximum Gasteiger partial charge on any atom is 0.315 e. The molecule has 1 N–H and O–H groups in total. The molecule has 0 bridgehead atoms. The molecule has 1 aliphatic heterocycles. The summed E-state index contributed by atoms with van der Waals surface area (Å²) in [6.07, 6.45) is 0.688. The molecule has 1 saturated heterocycles. The largest absolute Gasteiger partial charge is 0.481 e. The summed E-state index contributed by atoms with van der Waals surface area (Å²) >= 11 is 7.58. The van der Waals surface area contributed by atoms with Gasteiger partial charge in [0.15, 0.2) is 0 Å². The molecule has 0 aliphatic carbocycles. The number of carboxylic acid groups (broad SMARTS) is 1. The lowest BCUT2D eigenvalue weighted by atomic mass is 9.80. The molecular formula is C11H11ClO2S. The molecule has 80 valence electrons. The molecule has 2 nitrogen and oxygen atoms in total. The molecule has 4 heteroatoms. The van der Waals surface area contributed by atoms with Gasteiger partial charge in [-0.15, -0.1) is 0 Å². The number of carboxylic acids is 1. The summed E-state index contributed by atoms with van der Waals surface area (Å²) in [4.78, 5) is 11.4. The van der Waals surface area contributed by atoms with Crippen molar-refractivity contribution in [2.24, 2.45) is 0 Å². The van der Waals surface area contributed by atoms with Crippen LogP contribution in [0.15, 0.2) is 24.3 Å². The van der Waals surface area contributed by atoms with Crippen molar-refractivity contribution >= 4 is 29.3 Å². The van der Waals surface area contributed by atoms with E-state index in [9.17, 15) is 9.90 Å². The second-order valence-electron chi connectivity index (χ2n) is 3.70. The summed E-state index contributed by atoms with van der Waals surface area (Å²) in [6, 6.07) is 7.20. The Bertz CT molecular complexity index is 386. The molecule has 0 spiro atoms. The Hall–Kier alpha value is -0.670. The maximum absolute atomic E-state index is 11.4. The first-order valence-electron chi connectivity index (χ1n) is 4.72. The van der Waals surface area contributed by atoms with E-state index in [1.165, 1.54) is 0 Å². The number of carbonyl (C=O) groups is 1. The van der Waals surface area contributed by atoms with Crippen molar-refractivity contribution in [2.75, 3.05) is 11.5 Å². The van der Waals surface area contributed by atoms with Gasteiger partial charge in [-0.25, -0.2) is 0 Å². The molecule has 1 aromatic carbocycles. The Morgan fingerprint density at radius 3 is 2.87 bits per heavy atom. The molecule has 1 heterocycles. The average molecular weight is 243 g/mol. The highest BCUT2D eigenvalue weighted by atomic mass is 35.5. The van der Waals surface area contributed by atoms with Crippen molar-refractivity contribution in [3.8, 4) is 0 Å². The number of hydrogen-bond donors (Lipinski definition) is 1. The van der Waals surface area contributed by atoms with Crippen molar-refractivity contribution in [2.45, 2.75) is 11.8 Å². The fraction of sp³-hybridized carbons (Fsp3) is 0.364. The van der Waals surface area contributed by atoms with E-state index in [4.69, 9.17) is 11.6 Å². The van der Waals surface area contributed by atoms with Crippen LogP contribution in [0, 0.1) is 0 Å². The van der Waals surface area contributed by atoms with Gasteiger partial charge in [0.2, 0.25) is 0 Å². The van der Waals surface area contributed by atoms with E-state index in [0.717, 1.165) is 11.3 Å². The number of benzene rings is 1. The van der Waals surface area contributed by atoms with Crippen LogP contribution in [0.2, 0.25) is 5.02 Å². The van der Waals surface area contributed by atoms with Crippen molar-refractivity contribution < 1.29 is 9.90 Å². The Balaban J connectivity index is 2.45. The van der Waals surface area contributed by atoms with E-state index >= 15 is 0 Å². The van der Waals surface area contributed by atoms with E-state index in [-0.39, 0.29) is 0 Å². The second kappa shape index (κ2) is 4.06. The fourth-order valence-electron chi connectivity index (χ4n) is 1.87. The van der Waals surface area contributed by atoms with Gasteiger partial charge in [0, 0.05) is 10.8 Å². The molecule has 15 heavy (non-hydrogen) atoms. The smallest absolute Gasteiger partial charge is 0.315 e. The minimum atomic E-state index is -0.741. The van der Waals surface area contributed by atoms with E-state index in [2.05, 4.69) is 0 Å². The molecule has 0 saturated carbocycles. The predicted octanol–water partition coefficient (Wildman–Crippen LogP) is 2.80. The monoisotopic (exact) mass is 242 g/mol. The average Bonchev–Trinajstić information content (AvgIpc) is 2.67. The van der Waals surface area contributed by atoms with Gasteiger partial charge in [-0.2, -0.15) is 11.8 Å². The lowest BCUT2D eigenvalue weighted by molar-refractivity contribution is -0.142. The van der Waals surface area contributed by atoms with Crippen molar-refractivity contribution in [3.05, 3.63) is 34.9 Å². The highest BCUT2D eigenvalue weighted by Gasteiger charge is 2.43. The topological polar surface area (TPSA) is 37.3 Å². The molecule has 1 fully saturated rings. The van der Waals surface area contributed by atoms with Gasteiger partial charge >= 0.3 is 5.97 Å². The molecule has 1 aliphatic rings. The highest BCUT2D eigenvalue weighted by Crippen LogP contribution is 2.40. The summed E-state index contributed by atoms with van der Waals surface area (Å²) in [5.41, 5.74) is 0.0998. The summed E-state index contributed by atoms with van der Waals surface area (Å²) in [5.74, 6) is 0.802. The Labute approximate surface area is 97.6 Å². The van der Waals surface area contributed by atoms with Crippen LogP contribution in [0.4, 0.5) is 0 Å². The minimum Gasteiger partial charge on any atom is -0.481 e. The lowest BCUT2D eigenvalue weighted by Gasteiger charge is -2.23. The van der Waals surface area contributed by atoms with Gasteiger partial charge in [-0.1, -0.05) is 23.7 Å². The summed E-state index contributed by atoms with van der Waals surface area (Å²) in [6.45, 7) is 0. The number of hydrogen-bond acceptors (Lipinski definition) is 2. The Morgan fingerprint density at radius 1 is 1.53 bits per heavy atom. The third-order valence-corrected chi connectivity index (χ3v) is 4.23. The zero-order valence-electron chi connectivity index (χ0n) is 8.07. The van der Waals surface area contributed by atoms with Crippen LogP contribution in [-0.2, 0) is 10.2 Å². The van der Waals surface area contributed by atoms with Gasteiger partial charge in [-0.3, -0.25) is 4.79 Å². The van der Waals surface area contributed by atoms with Crippen LogP contribution in [0.5, 0.6) is 0 Å². The van der Waals surface area contributed by atoms with Crippen molar-refractivity contribution in [1.82, 2.24) is 0 Å². The van der Waals surface area contributed by atoms with Gasteiger partial charge in [0.25, 0.3) is 0 Å². The zero-order valence-corrected chi connectivity index (χ0v) is 9.64. The molecule has 1 unspecified atom stereocenters. The minimum absolute atomic E-state index is 0.602. The predicted molar refractivity (Wildman–Crippen MR) is 62.7 cm³/mol. The third-order valence-electron chi connectivity index (χ3n) is 2.81. The molecular weight excluding hydrogens is 232 g/mol. The molecule has 0 amide bonds. The van der Waals surface area contributed by atoms with Crippen LogP contribution in [0.25, 0.3) is 0 Å². The fourth-order valence-corrected chi connectivity index (χ4v) is 3.48. The quantitative estimate of drug-likeness (QED) is 0.867. The zero-order chi connectivity index (χ0) is 10.9. The molecule has 1 atom stereocenters. The number of thioether (sulfide) groups is 1. The van der Waals surface area contributed by atoms with E-state index in [1.807, 2.05) is 12.1 Å².